The number of sulfonamides is 1. The van der Waals surface area contributed by atoms with Crippen molar-refractivity contribution in [2.24, 2.45) is 0 Å². The number of aromatic nitrogens is 3. The molecule has 2 aromatic carbocycles. The van der Waals surface area contributed by atoms with Gasteiger partial charge in [0.15, 0.2) is 17.1 Å². The lowest BCUT2D eigenvalue weighted by molar-refractivity contribution is -0.142. The zero-order chi connectivity index (χ0) is 30.3. The number of morpholine rings is 1. The highest BCUT2D eigenvalue weighted by molar-refractivity contribution is 7.89. The molecular weight excluding hydrogens is 596 g/mol. The second kappa shape index (κ2) is 10.9. The number of alkyl halides is 6. The number of fused-ring (bicyclic) bond motifs is 1. The molecular formula is C25H19F6N5O5S. The number of anilines is 1. The molecule has 0 radical (unpaired) electrons. The molecule has 0 spiro atoms. The summed E-state index contributed by atoms with van der Waals surface area (Å²) in [6.07, 6.45) is -9.99. The van der Waals surface area contributed by atoms with Crippen LogP contribution in [0.4, 0.5) is 36.8 Å². The zero-order valence-corrected chi connectivity index (χ0v) is 21.9. The molecule has 10 nitrogen and oxygen atoms in total. The van der Waals surface area contributed by atoms with Crippen molar-refractivity contribution in [3.05, 3.63) is 72.1 Å². The van der Waals surface area contributed by atoms with Gasteiger partial charge in [-0.2, -0.15) is 35.7 Å². The Morgan fingerprint density at radius 3 is 2.29 bits per heavy atom. The van der Waals surface area contributed by atoms with Crippen molar-refractivity contribution in [1.82, 2.24) is 18.9 Å². The van der Waals surface area contributed by atoms with E-state index < -0.39 is 51.1 Å². The Hall–Kier alpha value is -4.22. The Kier molecular flexibility index (Phi) is 7.59. The molecule has 0 bridgehead atoms. The molecule has 1 amide bonds. The standard InChI is InChI=1S/C25H19F6N5O5S/c26-24(27,28)16-6-4-15(5-7-16)19-13-21(25(29,30)31)36-22(34-19)20(14-32-36)41-23(37)33-17-2-1-3-18(12-17)42(38,39)35-8-10-40-11-9-35/h1-7,12-14H,8-11H2,(H,33,37). The number of nitrogens with one attached hydrogen (secondary N) is 1. The van der Waals surface area contributed by atoms with Gasteiger partial charge >= 0.3 is 18.4 Å². The minimum absolute atomic E-state index is 0.0141. The first-order valence-corrected chi connectivity index (χ1v) is 13.5. The van der Waals surface area contributed by atoms with E-state index in [0.29, 0.717) is 22.7 Å². The van der Waals surface area contributed by atoms with Crippen LogP contribution >= 0.6 is 0 Å². The van der Waals surface area contributed by atoms with Crippen molar-refractivity contribution in [3.63, 3.8) is 0 Å². The summed E-state index contributed by atoms with van der Waals surface area (Å²) in [6.45, 7) is 0.762. The molecule has 17 heteroatoms. The van der Waals surface area contributed by atoms with Gasteiger partial charge in [-0.25, -0.2) is 22.7 Å². The average Bonchev–Trinajstić information content (AvgIpc) is 3.34. The molecule has 0 aliphatic carbocycles. The van der Waals surface area contributed by atoms with Crippen LogP contribution in [0.25, 0.3) is 16.9 Å². The number of nitrogens with zero attached hydrogens (tertiary/aromatic N) is 4. The second-order valence-electron chi connectivity index (χ2n) is 8.90. The first kappa shape index (κ1) is 29.3. The maximum Gasteiger partial charge on any atom is 0.433 e. The van der Waals surface area contributed by atoms with Gasteiger partial charge in [0.1, 0.15) is 0 Å². The summed E-state index contributed by atoms with van der Waals surface area (Å²) in [7, 11) is -3.89. The zero-order valence-electron chi connectivity index (χ0n) is 21.1. The van der Waals surface area contributed by atoms with Crippen molar-refractivity contribution in [2.75, 3.05) is 31.6 Å². The number of halogens is 6. The number of hydrogen-bond donors (Lipinski definition) is 1. The fourth-order valence-electron chi connectivity index (χ4n) is 4.11. The van der Waals surface area contributed by atoms with Gasteiger partial charge in [-0.1, -0.05) is 18.2 Å². The quantitative estimate of drug-likeness (QED) is 0.312. The summed E-state index contributed by atoms with van der Waals surface area (Å²) in [5, 5.41) is 5.92. The van der Waals surface area contributed by atoms with Gasteiger partial charge in [0.05, 0.1) is 35.6 Å². The van der Waals surface area contributed by atoms with Crippen molar-refractivity contribution in [2.45, 2.75) is 17.2 Å². The van der Waals surface area contributed by atoms with Crippen molar-refractivity contribution < 1.29 is 49.0 Å². The Morgan fingerprint density at radius 2 is 1.64 bits per heavy atom. The van der Waals surface area contributed by atoms with Crippen LogP contribution in [-0.2, 0) is 27.1 Å². The molecule has 0 saturated carbocycles. The van der Waals surface area contributed by atoms with E-state index in [1.807, 2.05) is 0 Å². The first-order valence-electron chi connectivity index (χ1n) is 12.0. The molecule has 2 aromatic heterocycles. The number of ether oxygens (including phenoxy) is 2. The molecule has 3 heterocycles. The minimum atomic E-state index is -4.96. The monoisotopic (exact) mass is 615 g/mol. The van der Waals surface area contributed by atoms with E-state index in [-0.39, 0.29) is 48.1 Å². The average molecular weight is 616 g/mol. The van der Waals surface area contributed by atoms with E-state index in [1.54, 1.807) is 0 Å². The van der Waals surface area contributed by atoms with Gasteiger partial charge in [0.25, 0.3) is 0 Å². The molecule has 0 atom stereocenters. The number of rotatable bonds is 5. The van der Waals surface area contributed by atoms with Gasteiger partial charge in [-0.3, -0.25) is 5.32 Å². The molecule has 1 aliphatic heterocycles. The third-order valence-electron chi connectivity index (χ3n) is 6.13. The van der Waals surface area contributed by atoms with Gasteiger partial charge in [0.2, 0.25) is 10.0 Å². The van der Waals surface area contributed by atoms with E-state index in [4.69, 9.17) is 9.47 Å². The predicted molar refractivity (Wildman–Crippen MR) is 134 cm³/mol. The Bertz CT molecular complexity index is 1730. The van der Waals surface area contributed by atoms with Crippen LogP contribution in [0.5, 0.6) is 5.75 Å². The second-order valence-corrected chi connectivity index (χ2v) is 10.8. The summed E-state index contributed by atoms with van der Waals surface area (Å²) in [4.78, 5) is 16.6. The summed E-state index contributed by atoms with van der Waals surface area (Å²) in [6, 6.07) is 9.19. The van der Waals surface area contributed by atoms with Crippen LogP contribution in [0.3, 0.4) is 0 Å². The highest BCUT2D eigenvalue weighted by Crippen LogP contribution is 2.35. The van der Waals surface area contributed by atoms with Crippen LogP contribution in [0.2, 0.25) is 0 Å². The lowest BCUT2D eigenvalue weighted by Gasteiger charge is -2.26. The molecule has 42 heavy (non-hydrogen) atoms. The third-order valence-corrected chi connectivity index (χ3v) is 8.02. The van der Waals surface area contributed by atoms with E-state index in [0.717, 1.165) is 18.3 Å². The first-order chi connectivity index (χ1) is 19.7. The molecule has 5 rings (SSSR count). The maximum atomic E-state index is 13.8. The maximum absolute atomic E-state index is 13.8. The lowest BCUT2D eigenvalue weighted by Crippen LogP contribution is -2.40. The summed E-state index contributed by atoms with van der Waals surface area (Å²) >= 11 is 0. The van der Waals surface area contributed by atoms with Gasteiger partial charge in [-0.05, 0) is 36.4 Å². The fourth-order valence-corrected chi connectivity index (χ4v) is 5.56. The Balaban J connectivity index is 1.42. The normalized spacial score (nSPS) is 15.1. The number of amides is 1. The molecule has 0 unspecified atom stereocenters. The number of benzene rings is 2. The van der Waals surface area contributed by atoms with Crippen LogP contribution in [-0.4, -0.2) is 59.7 Å². The highest BCUT2D eigenvalue weighted by atomic mass is 32.2. The van der Waals surface area contributed by atoms with Crippen molar-refractivity contribution >= 4 is 27.5 Å². The molecule has 1 aliphatic rings. The largest absolute Gasteiger partial charge is 0.433 e. The van der Waals surface area contributed by atoms with Crippen LogP contribution in [0, 0.1) is 0 Å². The molecule has 4 aromatic rings. The van der Waals surface area contributed by atoms with Crippen molar-refractivity contribution in [3.8, 4) is 17.0 Å². The molecule has 1 fully saturated rings. The lowest BCUT2D eigenvalue weighted by atomic mass is 10.1. The summed E-state index contributed by atoms with van der Waals surface area (Å²) in [5.41, 5.74) is -3.27. The van der Waals surface area contributed by atoms with Crippen LogP contribution in [0.15, 0.2) is 65.7 Å². The smallest absolute Gasteiger partial charge is 0.404 e. The topological polar surface area (TPSA) is 115 Å². The molecule has 222 valence electrons. The SMILES string of the molecule is O=C(Nc1cccc(S(=O)(=O)N2CCOCC2)c1)Oc1cnn2c(C(F)(F)F)cc(-c3ccc(C(F)(F)F)cc3)nc12. The van der Waals surface area contributed by atoms with E-state index in [1.165, 1.54) is 28.6 Å². The van der Waals surface area contributed by atoms with Crippen LogP contribution in [0.1, 0.15) is 11.3 Å². The summed E-state index contributed by atoms with van der Waals surface area (Å²) < 4.78 is 118. The number of carbonyl (C=O) groups is 1. The summed E-state index contributed by atoms with van der Waals surface area (Å²) in [5.74, 6) is -0.496. The van der Waals surface area contributed by atoms with Gasteiger partial charge in [-0.15, -0.1) is 0 Å². The number of hydrogen-bond acceptors (Lipinski definition) is 7. The molecule has 1 saturated heterocycles. The Morgan fingerprint density at radius 1 is 0.952 bits per heavy atom. The predicted octanol–water partition coefficient (Wildman–Crippen LogP) is 5.07. The third kappa shape index (κ3) is 6.02. The van der Waals surface area contributed by atoms with Gasteiger partial charge < -0.3 is 9.47 Å². The van der Waals surface area contributed by atoms with Crippen LogP contribution < -0.4 is 10.1 Å². The minimum Gasteiger partial charge on any atom is -0.404 e. The number of carbonyl (C=O) groups excluding carboxylic acids is 1. The van der Waals surface area contributed by atoms with E-state index in [9.17, 15) is 39.6 Å². The van der Waals surface area contributed by atoms with Gasteiger partial charge in [0, 0.05) is 24.3 Å². The fraction of sp³-hybridized carbons (Fsp3) is 0.240. The van der Waals surface area contributed by atoms with E-state index in [2.05, 4.69) is 15.4 Å². The van der Waals surface area contributed by atoms with E-state index >= 15 is 0 Å². The Labute approximate surface area is 233 Å². The van der Waals surface area contributed by atoms with Crippen molar-refractivity contribution in [1.29, 1.82) is 0 Å². The molecule has 1 N–H and O–H groups in total. The highest BCUT2D eigenvalue weighted by Gasteiger charge is 2.36.